The van der Waals surface area contributed by atoms with E-state index in [1.165, 1.54) is 17.4 Å². The molecule has 0 saturated carbocycles. The third-order valence-electron chi connectivity index (χ3n) is 2.81. The summed E-state index contributed by atoms with van der Waals surface area (Å²) in [5, 5.41) is 24.0. The lowest BCUT2D eigenvalue weighted by Gasteiger charge is -2.17. The number of anilines is 1. The number of hydrogen-bond donors (Lipinski definition) is 3. The molecule has 106 valence electrons. The average Bonchev–Trinajstić information content (AvgIpc) is 2.92. The van der Waals surface area contributed by atoms with Crippen molar-refractivity contribution in [1.29, 1.82) is 0 Å². The van der Waals surface area contributed by atoms with Crippen LogP contribution in [0.4, 0.5) is 5.82 Å². The molecular formula is C14H16N2O3S. The minimum atomic E-state index is -1.06. The second kappa shape index (κ2) is 6.49. The standard InChI is InChI=1S/C14H16N2O3S/c1-9(8-11(17)12-5-3-7-20-12)15-13-6-2-4-10(16-13)14(18)19/h2-7,9,11,17H,8H2,1H3,(H,15,16)(H,18,19). The summed E-state index contributed by atoms with van der Waals surface area (Å²) in [7, 11) is 0. The predicted octanol–water partition coefficient (Wildman–Crippen LogP) is 2.77. The van der Waals surface area contributed by atoms with Gasteiger partial charge in [0.15, 0.2) is 5.69 Å². The van der Waals surface area contributed by atoms with Crippen molar-refractivity contribution in [3.63, 3.8) is 0 Å². The van der Waals surface area contributed by atoms with E-state index in [1.807, 2.05) is 24.4 Å². The van der Waals surface area contributed by atoms with Crippen molar-refractivity contribution >= 4 is 23.1 Å². The Labute approximate surface area is 120 Å². The van der Waals surface area contributed by atoms with Crippen LogP contribution >= 0.6 is 11.3 Å². The Morgan fingerprint density at radius 1 is 1.40 bits per heavy atom. The number of nitrogens with one attached hydrogen (secondary N) is 1. The van der Waals surface area contributed by atoms with E-state index < -0.39 is 12.1 Å². The van der Waals surface area contributed by atoms with Gasteiger partial charge in [0.05, 0.1) is 6.10 Å². The van der Waals surface area contributed by atoms with Gasteiger partial charge in [-0.25, -0.2) is 9.78 Å². The smallest absolute Gasteiger partial charge is 0.354 e. The van der Waals surface area contributed by atoms with Crippen molar-refractivity contribution in [2.45, 2.75) is 25.5 Å². The normalized spacial score (nSPS) is 13.7. The molecule has 0 aliphatic heterocycles. The summed E-state index contributed by atoms with van der Waals surface area (Å²) in [4.78, 5) is 15.8. The summed E-state index contributed by atoms with van der Waals surface area (Å²) in [6.07, 6.45) is -0.000359. The number of carbonyl (C=O) groups is 1. The van der Waals surface area contributed by atoms with Gasteiger partial charge in [0.1, 0.15) is 5.82 Å². The third-order valence-corrected chi connectivity index (χ3v) is 3.78. The maximum atomic E-state index is 10.8. The number of aromatic nitrogens is 1. The zero-order valence-electron chi connectivity index (χ0n) is 11.0. The zero-order chi connectivity index (χ0) is 14.5. The number of rotatable bonds is 6. The van der Waals surface area contributed by atoms with E-state index in [9.17, 15) is 9.90 Å². The minimum absolute atomic E-state index is 0.000931. The highest BCUT2D eigenvalue weighted by atomic mass is 32.1. The molecule has 0 spiro atoms. The second-order valence-corrected chi connectivity index (χ2v) is 5.50. The fourth-order valence-electron chi connectivity index (χ4n) is 1.88. The Balaban J connectivity index is 1.96. The lowest BCUT2D eigenvalue weighted by atomic mass is 10.1. The summed E-state index contributed by atoms with van der Waals surface area (Å²) in [6, 6.07) is 8.56. The molecule has 0 radical (unpaired) electrons. The fraction of sp³-hybridized carbons (Fsp3) is 0.286. The highest BCUT2D eigenvalue weighted by Crippen LogP contribution is 2.23. The molecule has 20 heavy (non-hydrogen) atoms. The second-order valence-electron chi connectivity index (χ2n) is 4.53. The van der Waals surface area contributed by atoms with Gasteiger partial charge in [0.2, 0.25) is 0 Å². The summed E-state index contributed by atoms with van der Waals surface area (Å²) >= 11 is 1.51. The third kappa shape index (κ3) is 3.79. The first-order valence-electron chi connectivity index (χ1n) is 6.24. The molecule has 5 nitrogen and oxygen atoms in total. The van der Waals surface area contributed by atoms with Crippen LogP contribution in [0.25, 0.3) is 0 Å². The van der Waals surface area contributed by atoms with Gasteiger partial charge < -0.3 is 15.5 Å². The van der Waals surface area contributed by atoms with E-state index in [-0.39, 0.29) is 11.7 Å². The number of nitrogens with zero attached hydrogens (tertiary/aromatic N) is 1. The Bertz CT molecular complexity index is 572. The number of carboxylic acid groups (broad SMARTS) is 1. The van der Waals surface area contributed by atoms with Gasteiger partial charge in [-0.2, -0.15) is 0 Å². The SMILES string of the molecule is CC(CC(O)c1cccs1)Nc1cccc(C(=O)O)n1. The number of thiophene rings is 1. The molecule has 0 amide bonds. The molecule has 3 N–H and O–H groups in total. The minimum Gasteiger partial charge on any atom is -0.477 e. The van der Waals surface area contributed by atoms with Gasteiger partial charge in [-0.3, -0.25) is 0 Å². The molecule has 0 aliphatic carbocycles. The number of pyridine rings is 1. The van der Waals surface area contributed by atoms with Crippen LogP contribution in [0.3, 0.4) is 0 Å². The van der Waals surface area contributed by atoms with E-state index in [0.29, 0.717) is 12.2 Å². The van der Waals surface area contributed by atoms with Crippen molar-refractivity contribution < 1.29 is 15.0 Å². The van der Waals surface area contributed by atoms with Gasteiger partial charge in [0.25, 0.3) is 0 Å². The van der Waals surface area contributed by atoms with Crippen LogP contribution in [0.2, 0.25) is 0 Å². The highest BCUT2D eigenvalue weighted by Gasteiger charge is 2.14. The molecule has 0 aromatic carbocycles. The van der Waals surface area contributed by atoms with E-state index in [2.05, 4.69) is 10.3 Å². The van der Waals surface area contributed by atoms with Crippen LogP contribution < -0.4 is 5.32 Å². The molecule has 2 aromatic heterocycles. The van der Waals surface area contributed by atoms with Gasteiger partial charge in [-0.05, 0) is 36.9 Å². The van der Waals surface area contributed by atoms with Crippen molar-refractivity contribution in [3.8, 4) is 0 Å². The summed E-state index contributed by atoms with van der Waals surface area (Å²) in [5.41, 5.74) is 0.000931. The number of hydrogen-bond acceptors (Lipinski definition) is 5. The molecule has 0 aliphatic rings. The molecule has 2 aromatic rings. The Morgan fingerprint density at radius 3 is 2.85 bits per heavy atom. The van der Waals surface area contributed by atoms with Gasteiger partial charge >= 0.3 is 5.97 Å². The van der Waals surface area contributed by atoms with Crippen molar-refractivity contribution in [1.82, 2.24) is 4.98 Å². The molecule has 0 bridgehead atoms. The summed E-state index contributed by atoms with van der Waals surface area (Å²) < 4.78 is 0. The molecule has 2 heterocycles. The summed E-state index contributed by atoms with van der Waals surface area (Å²) in [6.45, 7) is 1.92. The monoisotopic (exact) mass is 292 g/mol. The first-order chi connectivity index (χ1) is 9.56. The summed E-state index contributed by atoms with van der Waals surface area (Å²) in [5.74, 6) is -0.560. The molecule has 2 atom stereocenters. The first kappa shape index (κ1) is 14.5. The van der Waals surface area contributed by atoms with Crippen LogP contribution in [0, 0.1) is 0 Å². The van der Waals surface area contributed by atoms with Crippen molar-refractivity contribution in [2.75, 3.05) is 5.32 Å². The molecule has 2 unspecified atom stereocenters. The van der Waals surface area contributed by atoms with E-state index in [1.54, 1.807) is 12.1 Å². The Morgan fingerprint density at radius 2 is 2.20 bits per heavy atom. The number of aromatic carboxylic acids is 1. The molecular weight excluding hydrogens is 276 g/mol. The van der Waals surface area contributed by atoms with Crippen LogP contribution in [-0.4, -0.2) is 27.2 Å². The van der Waals surface area contributed by atoms with E-state index in [0.717, 1.165) is 4.88 Å². The van der Waals surface area contributed by atoms with Crippen LogP contribution in [0.15, 0.2) is 35.7 Å². The van der Waals surface area contributed by atoms with Gasteiger partial charge in [-0.15, -0.1) is 11.3 Å². The lowest BCUT2D eigenvalue weighted by molar-refractivity contribution is 0.0690. The maximum absolute atomic E-state index is 10.8. The number of aliphatic hydroxyl groups excluding tert-OH is 1. The van der Waals surface area contributed by atoms with Crippen LogP contribution in [0.1, 0.15) is 34.8 Å². The maximum Gasteiger partial charge on any atom is 0.354 e. The predicted molar refractivity (Wildman–Crippen MR) is 78.2 cm³/mol. The van der Waals surface area contributed by atoms with Crippen LogP contribution in [-0.2, 0) is 0 Å². The van der Waals surface area contributed by atoms with Crippen molar-refractivity contribution in [3.05, 3.63) is 46.3 Å². The lowest BCUT2D eigenvalue weighted by Crippen LogP contribution is -2.19. The average molecular weight is 292 g/mol. The number of aliphatic hydroxyl groups is 1. The molecule has 0 saturated heterocycles. The zero-order valence-corrected chi connectivity index (χ0v) is 11.8. The molecule has 0 fully saturated rings. The van der Waals surface area contributed by atoms with Gasteiger partial charge in [0, 0.05) is 10.9 Å². The van der Waals surface area contributed by atoms with Gasteiger partial charge in [-0.1, -0.05) is 12.1 Å². The van der Waals surface area contributed by atoms with Crippen molar-refractivity contribution in [2.24, 2.45) is 0 Å². The van der Waals surface area contributed by atoms with E-state index >= 15 is 0 Å². The molecule has 2 rings (SSSR count). The number of carboxylic acids is 1. The Hall–Kier alpha value is -1.92. The topological polar surface area (TPSA) is 82.5 Å². The van der Waals surface area contributed by atoms with E-state index in [4.69, 9.17) is 5.11 Å². The van der Waals surface area contributed by atoms with Crippen LogP contribution in [0.5, 0.6) is 0 Å². The first-order valence-corrected chi connectivity index (χ1v) is 7.12. The Kier molecular flexibility index (Phi) is 4.70. The largest absolute Gasteiger partial charge is 0.477 e. The quantitative estimate of drug-likeness (QED) is 0.762. The molecule has 6 heteroatoms. The highest BCUT2D eigenvalue weighted by molar-refractivity contribution is 7.10. The fourth-order valence-corrected chi connectivity index (χ4v) is 2.60.